The van der Waals surface area contributed by atoms with Gasteiger partial charge in [-0.25, -0.2) is 0 Å². The van der Waals surface area contributed by atoms with Crippen molar-refractivity contribution in [2.24, 2.45) is 5.73 Å². The van der Waals surface area contributed by atoms with Gasteiger partial charge >= 0.3 is 0 Å². The van der Waals surface area contributed by atoms with Gasteiger partial charge in [0.05, 0.1) is 6.10 Å². The zero-order valence-electron chi connectivity index (χ0n) is 13.1. The Hall–Kier alpha value is -0.420. The lowest BCUT2D eigenvalue weighted by Gasteiger charge is -2.40. The van der Waals surface area contributed by atoms with E-state index >= 15 is 0 Å². The van der Waals surface area contributed by atoms with Gasteiger partial charge in [-0.2, -0.15) is 0 Å². The van der Waals surface area contributed by atoms with E-state index in [4.69, 9.17) is 10.5 Å². The van der Waals surface area contributed by atoms with Crippen LogP contribution in [-0.2, 0) is 4.74 Å². The predicted octanol–water partition coefficient (Wildman–Crippen LogP) is 3.73. The van der Waals surface area contributed by atoms with E-state index in [1.165, 1.54) is 18.4 Å². The van der Waals surface area contributed by atoms with Crippen molar-refractivity contribution in [3.05, 3.63) is 34.3 Å². The van der Waals surface area contributed by atoms with Crippen LogP contribution in [0.25, 0.3) is 0 Å². The van der Waals surface area contributed by atoms with Crippen LogP contribution < -0.4 is 5.73 Å². The lowest BCUT2D eigenvalue weighted by molar-refractivity contribution is -0.0155. The Balaban J connectivity index is 2.08. The van der Waals surface area contributed by atoms with Crippen molar-refractivity contribution >= 4 is 15.9 Å². The number of rotatable bonds is 6. The largest absolute Gasteiger partial charge is 0.377 e. The summed E-state index contributed by atoms with van der Waals surface area (Å²) in [6.45, 7) is 7.21. The number of likely N-dealkylation sites (tertiary alicyclic amines) is 1. The molecule has 0 aliphatic carbocycles. The second kappa shape index (κ2) is 8.28. The molecule has 0 aromatic heterocycles. The first-order valence-electron chi connectivity index (χ1n) is 7.98. The third-order valence-corrected chi connectivity index (χ3v) is 4.60. The average Bonchev–Trinajstić information content (AvgIpc) is 2.47. The molecule has 0 saturated carbocycles. The molecule has 0 spiro atoms. The van der Waals surface area contributed by atoms with Gasteiger partial charge < -0.3 is 10.5 Å². The quantitative estimate of drug-likeness (QED) is 0.845. The molecule has 4 heteroatoms. The number of nitrogens with zero attached hydrogens (tertiary/aromatic N) is 1. The number of hydrogen-bond donors (Lipinski definition) is 1. The number of piperidine rings is 1. The molecule has 1 aromatic rings. The van der Waals surface area contributed by atoms with Crippen LogP contribution in [0.4, 0.5) is 0 Å². The van der Waals surface area contributed by atoms with E-state index in [1.54, 1.807) is 0 Å². The first-order valence-corrected chi connectivity index (χ1v) is 8.77. The zero-order chi connectivity index (χ0) is 15.2. The molecule has 3 nitrogen and oxygen atoms in total. The van der Waals surface area contributed by atoms with Crippen molar-refractivity contribution in [3.63, 3.8) is 0 Å². The number of ether oxygens (including phenoxy) is 1. The molecule has 0 radical (unpaired) electrons. The van der Waals surface area contributed by atoms with Gasteiger partial charge in [0.15, 0.2) is 0 Å². The minimum absolute atomic E-state index is 0.108. The molecule has 3 atom stereocenters. The van der Waals surface area contributed by atoms with Crippen molar-refractivity contribution in [1.29, 1.82) is 0 Å². The second-order valence-corrected chi connectivity index (χ2v) is 6.90. The van der Waals surface area contributed by atoms with Crippen molar-refractivity contribution in [2.75, 3.05) is 19.7 Å². The summed E-state index contributed by atoms with van der Waals surface area (Å²) < 4.78 is 7.07. The van der Waals surface area contributed by atoms with Crippen LogP contribution in [0, 0.1) is 0 Å². The Bertz CT molecular complexity index is 421. The third-order valence-electron chi connectivity index (χ3n) is 4.07. The molecule has 1 heterocycles. The highest BCUT2D eigenvalue weighted by Gasteiger charge is 2.29. The van der Waals surface area contributed by atoms with E-state index in [2.05, 4.69) is 58.9 Å². The molecule has 1 aromatic carbocycles. The Morgan fingerprint density at radius 1 is 1.38 bits per heavy atom. The van der Waals surface area contributed by atoms with Crippen molar-refractivity contribution < 1.29 is 4.74 Å². The third kappa shape index (κ3) is 4.78. The van der Waals surface area contributed by atoms with E-state index in [0.717, 1.165) is 30.6 Å². The maximum atomic E-state index is 6.29. The Morgan fingerprint density at radius 3 is 2.71 bits per heavy atom. The molecule has 2 rings (SSSR count). The summed E-state index contributed by atoms with van der Waals surface area (Å²) in [5, 5.41) is 0. The molecule has 2 N–H and O–H groups in total. The fourth-order valence-corrected chi connectivity index (χ4v) is 3.41. The van der Waals surface area contributed by atoms with E-state index in [-0.39, 0.29) is 12.1 Å². The molecule has 3 unspecified atom stereocenters. The summed E-state index contributed by atoms with van der Waals surface area (Å²) in [6, 6.07) is 8.92. The summed E-state index contributed by atoms with van der Waals surface area (Å²) in [5.41, 5.74) is 7.58. The Kier molecular flexibility index (Phi) is 6.68. The van der Waals surface area contributed by atoms with Crippen LogP contribution in [0.2, 0.25) is 0 Å². The predicted molar refractivity (Wildman–Crippen MR) is 91.4 cm³/mol. The minimum Gasteiger partial charge on any atom is -0.377 e. The summed E-state index contributed by atoms with van der Waals surface area (Å²) in [4.78, 5) is 2.50. The van der Waals surface area contributed by atoms with Crippen LogP contribution in [0.5, 0.6) is 0 Å². The lowest BCUT2D eigenvalue weighted by atomic mass is 9.96. The summed E-state index contributed by atoms with van der Waals surface area (Å²) in [5.74, 6) is 0. The molecule has 0 amide bonds. The lowest BCUT2D eigenvalue weighted by Crippen LogP contribution is -2.47. The van der Waals surface area contributed by atoms with Crippen molar-refractivity contribution in [1.82, 2.24) is 4.90 Å². The highest BCUT2D eigenvalue weighted by atomic mass is 79.9. The van der Waals surface area contributed by atoms with Crippen molar-refractivity contribution in [2.45, 2.75) is 51.3 Å². The van der Waals surface area contributed by atoms with Gasteiger partial charge in [0.1, 0.15) is 0 Å². The Morgan fingerprint density at radius 2 is 2.10 bits per heavy atom. The smallest absolute Gasteiger partial charge is 0.0702 e. The van der Waals surface area contributed by atoms with Gasteiger partial charge in [-0.1, -0.05) is 35.0 Å². The molecule has 21 heavy (non-hydrogen) atoms. The van der Waals surface area contributed by atoms with Gasteiger partial charge in [-0.15, -0.1) is 0 Å². The normalized spacial score (nSPS) is 23.0. The molecule has 1 aliphatic rings. The zero-order valence-corrected chi connectivity index (χ0v) is 14.7. The van der Waals surface area contributed by atoms with Crippen molar-refractivity contribution in [3.8, 4) is 0 Å². The van der Waals surface area contributed by atoms with Gasteiger partial charge in [0.2, 0.25) is 0 Å². The number of hydrogen-bond acceptors (Lipinski definition) is 3. The van der Waals surface area contributed by atoms with Crippen LogP contribution in [-0.4, -0.2) is 36.7 Å². The maximum absolute atomic E-state index is 6.29. The van der Waals surface area contributed by atoms with Gasteiger partial charge in [0.25, 0.3) is 0 Å². The van der Waals surface area contributed by atoms with E-state index in [0.29, 0.717) is 6.10 Å². The van der Waals surface area contributed by atoms with E-state index in [9.17, 15) is 0 Å². The molecule has 1 fully saturated rings. The van der Waals surface area contributed by atoms with Crippen LogP contribution >= 0.6 is 15.9 Å². The number of halogens is 1. The highest BCUT2D eigenvalue weighted by molar-refractivity contribution is 9.10. The SMILES string of the molecule is CCCOC1CCCN(C(c2ccc(Br)cc2)C(C)N)C1. The maximum Gasteiger partial charge on any atom is 0.0702 e. The molecular weight excluding hydrogens is 328 g/mol. The van der Waals surface area contributed by atoms with Gasteiger partial charge in [-0.3, -0.25) is 4.90 Å². The first kappa shape index (κ1) is 16.9. The number of benzene rings is 1. The first-order chi connectivity index (χ1) is 10.1. The molecule has 118 valence electrons. The van der Waals surface area contributed by atoms with Gasteiger partial charge in [0, 0.05) is 29.7 Å². The van der Waals surface area contributed by atoms with E-state index in [1.807, 2.05) is 0 Å². The topological polar surface area (TPSA) is 38.5 Å². The van der Waals surface area contributed by atoms with Crippen LogP contribution in [0.3, 0.4) is 0 Å². The summed E-state index contributed by atoms with van der Waals surface area (Å²) in [7, 11) is 0. The molecular formula is C17H27BrN2O. The molecule has 1 aliphatic heterocycles. The summed E-state index contributed by atoms with van der Waals surface area (Å²) in [6.07, 6.45) is 3.80. The van der Waals surface area contributed by atoms with Crippen LogP contribution in [0.15, 0.2) is 28.7 Å². The summed E-state index contributed by atoms with van der Waals surface area (Å²) >= 11 is 3.50. The van der Waals surface area contributed by atoms with Gasteiger partial charge in [-0.05, 0) is 50.4 Å². The fourth-order valence-electron chi connectivity index (χ4n) is 3.15. The number of nitrogens with two attached hydrogens (primary N) is 1. The molecule has 1 saturated heterocycles. The highest BCUT2D eigenvalue weighted by Crippen LogP contribution is 2.28. The minimum atomic E-state index is 0.108. The van der Waals surface area contributed by atoms with Crippen LogP contribution in [0.1, 0.15) is 44.7 Å². The standard InChI is InChI=1S/C17H27BrN2O/c1-3-11-21-16-5-4-10-20(12-16)17(13(2)19)14-6-8-15(18)9-7-14/h6-9,13,16-17H,3-5,10-12,19H2,1-2H3. The fraction of sp³-hybridized carbons (Fsp3) is 0.647. The van der Waals surface area contributed by atoms with E-state index < -0.39 is 0 Å². The Labute approximate surface area is 137 Å². The monoisotopic (exact) mass is 354 g/mol. The average molecular weight is 355 g/mol. The second-order valence-electron chi connectivity index (χ2n) is 5.99. The molecule has 0 bridgehead atoms.